The molecule has 1 aliphatic rings. The number of nitrogens with one attached hydrogen (secondary N) is 1. The Morgan fingerprint density at radius 2 is 0.708 bits per heavy atom. The van der Waals surface area contributed by atoms with Crippen LogP contribution in [0.1, 0.15) is 348 Å². The number of aliphatic hydroxyl groups is 5. The van der Waals surface area contributed by atoms with Crippen molar-refractivity contribution < 1.29 is 39.8 Å². The van der Waals surface area contributed by atoms with E-state index in [4.69, 9.17) is 9.47 Å². The molecule has 7 unspecified atom stereocenters. The second-order valence-electron chi connectivity index (χ2n) is 26.0. The summed E-state index contributed by atoms with van der Waals surface area (Å²) < 4.78 is 11.3. The highest BCUT2D eigenvalue weighted by molar-refractivity contribution is 5.76. The van der Waals surface area contributed by atoms with Crippen LogP contribution in [-0.2, 0) is 14.3 Å². The van der Waals surface area contributed by atoms with Gasteiger partial charge < -0.3 is 40.3 Å². The van der Waals surface area contributed by atoms with Crippen molar-refractivity contribution in [1.29, 1.82) is 0 Å². The lowest BCUT2D eigenvalue weighted by Crippen LogP contribution is -2.60. The zero-order valence-electron chi connectivity index (χ0n) is 57.9. The van der Waals surface area contributed by atoms with Crippen molar-refractivity contribution >= 4 is 5.91 Å². The molecule has 1 saturated heterocycles. The quantitative estimate of drug-likeness (QED) is 0.0261. The van der Waals surface area contributed by atoms with E-state index in [2.05, 4.69) is 104 Å². The van der Waals surface area contributed by atoms with Gasteiger partial charge in [-0.1, -0.05) is 349 Å². The molecular weight excluding hydrogens is 1100 g/mol. The molecule has 0 aromatic heterocycles. The molecule has 0 saturated carbocycles. The Bertz CT molecular complexity index is 1730. The predicted molar refractivity (Wildman–Crippen MR) is 382 cm³/mol. The molecule has 9 heteroatoms. The van der Waals surface area contributed by atoms with Gasteiger partial charge in [-0.15, -0.1) is 0 Å². The molecular formula is C80H143NO8. The fraction of sp³-hybridized carbons (Fsp3) is 0.787. The van der Waals surface area contributed by atoms with Crippen LogP contribution in [0.15, 0.2) is 97.2 Å². The summed E-state index contributed by atoms with van der Waals surface area (Å²) >= 11 is 0. The molecule has 0 radical (unpaired) electrons. The topological polar surface area (TPSA) is 149 Å². The fourth-order valence-corrected chi connectivity index (χ4v) is 11.7. The van der Waals surface area contributed by atoms with Gasteiger partial charge in [0.1, 0.15) is 24.4 Å². The minimum Gasteiger partial charge on any atom is -0.394 e. The van der Waals surface area contributed by atoms with E-state index < -0.39 is 49.5 Å². The molecule has 1 aliphatic heterocycles. The molecule has 6 N–H and O–H groups in total. The summed E-state index contributed by atoms with van der Waals surface area (Å²) in [4.78, 5) is 13.2. The van der Waals surface area contributed by atoms with Crippen molar-refractivity contribution in [3.8, 4) is 0 Å². The smallest absolute Gasteiger partial charge is 0.220 e. The molecule has 1 heterocycles. The lowest BCUT2D eigenvalue weighted by Gasteiger charge is -2.40. The molecule has 0 aromatic rings. The third-order valence-electron chi connectivity index (χ3n) is 17.6. The number of hydrogen-bond acceptors (Lipinski definition) is 8. The second-order valence-corrected chi connectivity index (χ2v) is 26.0. The van der Waals surface area contributed by atoms with E-state index in [1.54, 1.807) is 6.08 Å². The Kier molecular flexibility index (Phi) is 64.3. The summed E-state index contributed by atoms with van der Waals surface area (Å²) in [6.45, 7) is 3.68. The van der Waals surface area contributed by atoms with Crippen LogP contribution >= 0.6 is 0 Å². The molecule has 7 atom stereocenters. The van der Waals surface area contributed by atoms with Gasteiger partial charge in [0.25, 0.3) is 0 Å². The van der Waals surface area contributed by atoms with Crippen LogP contribution in [0.2, 0.25) is 0 Å². The Labute approximate surface area is 549 Å². The van der Waals surface area contributed by atoms with Gasteiger partial charge >= 0.3 is 0 Å². The first-order valence-corrected chi connectivity index (χ1v) is 38.0. The summed E-state index contributed by atoms with van der Waals surface area (Å²) in [5, 5.41) is 54.8. The number of carbonyl (C=O) groups is 1. The van der Waals surface area contributed by atoms with E-state index in [0.717, 1.165) is 77.0 Å². The highest BCUT2D eigenvalue weighted by Gasteiger charge is 2.44. The summed E-state index contributed by atoms with van der Waals surface area (Å²) in [7, 11) is 0. The van der Waals surface area contributed by atoms with Crippen LogP contribution in [0.5, 0.6) is 0 Å². The molecule has 9 nitrogen and oxygen atoms in total. The van der Waals surface area contributed by atoms with Crippen molar-refractivity contribution in [2.75, 3.05) is 13.2 Å². The zero-order chi connectivity index (χ0) is 64.2. The van der Waals surface area contributed by atoms with E-state index in [1.807, 2.05) is 6.08 Å². The maximum absolute atomic E-state index is 13.2. The molecule has 1 rings (SSSR count). The molecule has 0 bridgehead atoms. The van der Waals surface area contributed by atoms with Crippen LogP contribution in [0, 0.1) is 0 Å². The van der Waals surface area contributed by atoms with Crippen LogP contribution in [0.25, 0.3) is 0 Å². The van der Waals surface area contributed by atoms with E-state index in [0.29, 0.717) is 6.42 Å². The number of unbranched alkanes of at least 4 members (excludes halogenated alkanes) is 42. The van der Waals surface area contributed by atoms with E-state index in [1.165, 1.54) is 250 Å². The third kappa shape index (κ3) is 56.4. The average Bonchev–Trinajstić information content (AvgIpc) is 2.28. The van der Waals surface area contributed by atoms with Crippen molar-refractivity contribution in [3.05, 3.63) is 97.2 Å². The molecule has 0 spiro atoms. The van der Waals surface area contributed by atoms with Crippen molar-refractivity contribution in [2.45, 2.75) is 391 Å². The van der Waals surface area contributed by atoms with Crippen LogP contribution in [0.3, 0.4) is 0 Å². The minimum absolute atomic E-state index is 0.189. The van der Waals surface area contributed by atoms with Gasteiger partial charge in [0, 0.05) is 6.42 Å². The summed E-state index contributed by atoms with van der Waals surface area (Å²) in [6, 6.07) is -0.835. The van der Waals surface area contributed by atoms with Crippen molar-refractivity contribution in [3.63, 3.8) is 0 Å². The highest BCUT2D eigenvalue weighted by atomic mass is 16.7. The zero-order valence-corrected chi connectivity index (χ0v) is 57.9. The maximum atomic E-state index is 13.2. The summed E-state index contributed by atoms with van der Waals surface area (Å²) in [5.41, 5.74) is 0. The number of ether oxygens (including phenoxy) is 2. The van der Waals surface area contributed by atoms with Gasteiger partial charge in [0.05, 0.1) is 25.4 Å². The number of rotatable bonds is 66. The maximum Gasteiger partial charge on any atom is 0.220 e. The van der Waals surface area contributed by atoms with Gasteiger partial charge in [-0.05, 0) is 89.9 Å². The fourth-order valence-electron chi connectivity index (χ4n) is 11.7. The Balaban J connectivity index is 2.13. The first-order chi connectivity index (χ1) is 43.8. The monoisotopic (exact) mass is 1250 g/mol. The lowest BCUT2D eigenvalue weighted by atomic mass is 9.99. The number of amides is 1. The van der Waals surface area contributed by atoms with Gasteiger partial charge in [-0.2, -0.15) is 0 Å². The molecule has 0 aromatic carbocycles. The van der Waals surface area contributed by atoms with Gasteiger partial charge in [0.2, 0.25) is 5.91 Å². The highest BCUT2D eigenvalue weighted by Crippen LogP contribution is 2.23. The predicted octanol–water partition coefficient (Wildman–Crippen LogP) is 21.4. The molecule has 1 amide bonds. The standard InChI is InChI=1S/C80H143NO8/c1-3-5-7-9-11-13-15-17-19-21-23-25-27-29-31-33-35-37-39-41-43-45-47-49-51-53-55-57-59-61-63-65-67-69-74(83)73(72-88-80-79(87)78(86)77(85)75(71-82)89-80)81-76(84)70-68-66-64-62-60-58-56-54-52-50-48-46-44-42-40-38-36-34-32-30-28-26-24-22-20-18-16-14-12-10-8-6-4-2/h6,8,12,14,18,20,24,26,30,32,51,53,59,61,67,69,73-75,77-80,82-83,85-87H,3-5,7,9-11,13,15-17,19,21-23,25,27-29,31,33-50,52,54-58,60,62-66,68,70-72H2,1-2H3,(H,81,84)/b8-6-,14-12-,20-18-,26-24-,32-30-,53-51+,61-59+,69-67+. The molecule has 1 fully saturated rings. The number of allylic oxidation sites excluding steroid dienone is 15. The summed E-state index contributed by atoms with van der Waals surface area (Å²) in [5.74, 6) is -0.189. The Hall–Kier alpha value is -2.89. The van der Waals surface area contributed by atoms with E-state index >= 15 is 0 Å². The normalized spacial score (nSPS) is 18.4. The molecule has 89 heavy (non-hydrogen) atoms. The van der Waals surface area contributed by atoms with Gasteiger partial charge in [0.15, 0.2) is 6.29 Å². The number of carbonyl (C=O) groups excluding carboxylic acids is 1. The molecule has 516 valence electrons. The Morgan fingerprint density at radius 3 is 1.08 bits per heavy atom. The Morgan fingerprint density at radius 1 is 0.393 bits per heavy atom. The van der Waals surface area contributed by atoms with Crippen molar-refractivity contribution in [1.82, 2.24) is 5.32 Å². The van der Waals surface area contributed by atoms with E-state index in [-0.39, 0.29) is 12.5 Å². The SMILES string of the molecule is CC/C=C\C/C=C\C/C=C\C/C=C\C/C=C\CCCCCCCCCCCCCCCCCCCC(=O)NC(COC1OC(CO)C(O)C(O)C1O)C(O)/C=C/CC/C=C/CC/C=C/CCCCCCCCCCCCCCCCCCCCCCCCC. The minimum atomic E-state index is -1.58. The van der Waals surface area contributed by atoms with Crippen LogP contribution in [0.4, 0.5) is 0 Å². The lowest BCUT2D eigenvalue weighted by molar-refractivity contribution is -0.302. The average molecular weight is 1250 g/mol. The van der Waals surface area contributed by atoms with Gasteiger partial charge in [-0.3, -0.25) is 4.79 Å². The molecule has 0 aliphatic carbocycles. The van der Waals surface area contributed by atoms with Crippen molar-refractivity contribution in [2.24, 2.45) is 0 Å². The third-order valence-corrected chi connectivity index (χ3v) is 17.6. The number of aliphatic hydroxyl groups excluding tert-OH is 5. The number of hydrogen-bond donors (Lipinski definition) is 6. The van der Waals surface area contributed by atoms with Crippen LogP contribution < -0.4 is 5.32 Å². The van der Waals surface area contributed by atoms with E-state index in [9.17, 15) is 30.3 Å². The van der Waals surface area contributed by atoms with Gasteiger partial charge in [-0.25, -0.2) is 0 Å². The first-order valence-electron chi connectivity index (χ1n) is 38.0. The van der Waals surface area contributed by atoms with Crippen LogP contribution in [-0.4, -0.2) is 87.5 Å². The first kappa shape index (κ1) is 84.1. The largest absolute Gasteiger partial charge is 0.394 e. The second kappa shape index (κ2) is 68.0. The summed E-state index contributed by atoms with van der Waals surface area (Å²) in [6.07, 6.45) is 92.6.